The van der Waals surface area contributed by atoms with E-state index < -0.39 is 4.92 Å². The maximum absolute atomic E-state index is 11.5. The first kappa shape index (κ1) is 18.8. The molecule has 3 N–H and O–H groups in total. The second-order valence-corrected chi connectivity index (χ2v) is 6.95. The van der Waals surface area contributed by atoms with Crippen LogP contribution in [-0.4, -0.2) is 40.2 Å². The zero-order chi connectivity index (χ0) is 19.7. The van der Waals surface area contributed by atoms with Crippen LogP contribution in [0.3, 0.4) is 0 Å². The van der Waals surface area contributed by atoms with Gasteiger partial charge in [-0.25, -0.2) is 0 Å². The van der Waals surface area contributed by atoms with E-state index >= 15 is 0 Å². The van der Waals surface area contributed by atoms with Gasteiger partial charge in [-0.2, -0.15) is 9.97 Å². The number of nitrogens with zero attached hydrogens (tertiary/aromatic N) is 4. The number of aryl methyl sites for hydroxylation is 2. The molecule has 0 bridgehead atoms. The van der Waals surface area contributed by atoms with Crippen LogP contribution in [0, 0.1) is 24.0 Å². The van der Waals surface area contributed by atoms with E-state index in [-0.39, 0.29) is 29.5 Å². The number of benzene rings is 1. The van der Waals surface area contributed by atoms with Crippen molar-refractivity contribution in [3.63, 3.8) is 0 Å². The first-order valence-corrected chi connectivity index (χ1v) is 8.81. The van der Waals surface area contributed by atoms with Gasteiger partial charge in [-0.15, -0.1) is 0 Å². The van der Waals surface area contributed by atoms with Gasteiger partial charge >= 0.3 is 5.69 Å². The fourth-order valence-electron chi connectivity index (χ4n) is 3.17. The molecule has 1 aliphatic heterocycles. The molecule has 1 saturated heterocycles. The van der Waals surface area contributed by atoms with Crippen molar-refractivity contribution >= 4 is 29.0 Å². The SMILES string of the molecule is Cc1ccc(Nc2nc(N3C[C@H](C)O[C@@H](C)C3)nc(N)c2[N+](=O)[O-])cc1C. The summed E-state index contributed by atoms with van der Waals surface area (Å²) >= 11 is 0. The van der Waals surface area contributed by atoms with Crippen LogP contribution < -0.4 is 16.0 Å². The number of rotatable bonds is 4. The van der Waals surface area contributed by atoms with Crippen LogP contribution >= 0.6 is 0 Å². The molecule has 2 aromatic rings. The number of nitrogen functional groups attached to an aromatic ring is 1. The summed E-state index contributed by atoms with van der Waals surface area (Å²) in [6.45, 7) is 9.08. The monoisotopic (exact) mass is 372 g/mol. The van der Waals surface area contributed by atoms with Crippen molar-refractivity contribution < 1.29 is 9.66 Å². The largest absolute Gasteiger partial charge is 0.378 e. The van der Waals surface area contributed by atoms with Gasteiger partial charge in [0.15, 0.2) is 0 Å². The lowest BCUT2D eigenvalue weighted by Crippen LogP contribution is -2.46. The van der Waals surface area contributed by atoms with E-state index in [1.165, 1.54) is 0 Å². The highest BCUT2D eigenvalue weighted by molar-refractivity contribution is 5.74. The van der Waals surface area contributed by atoms with Crippen molar-refractivity contribution in [2.45, 2.75) is 39.9 Å². The summed E-state index contributed by atoms with van der Waals surface area (Å²) in [6.07, 6.45) is 0.00912. The molecule has 1 aromatic carbocycles. The van der Waals surface area contributed by atoms with E-state index in [2.05, 4.69) is 15.3 Å². The third-order valence-corrected chi connectivity index (χ3v) is 4.55. The van der Waals surface area contributed by atoms with Gasteiger partial charge in [-0.05, 0) is 51.0 Å². The lowest BCUT2D eigenvalue weighted by molar-refractivity contribution is -0.383. The van der Waals surface area contributed by atoms with Crippen molar-refractivity contribution in [1.82, 2.24) is 9.97 Å². The number of morpholine rings is 1. The number of anilines is 4. The Labute approximate surface area is 157 Å². The van der Waals surface area contributed by atoms with Gasteiger partial charge in [0.05, 0.1) is 17.1 Å². The molecule has 1 aromatic heterocycles. The number of hydrogen-bond acceptors (Lipinski definition) is 8. The minimum atomic E-state index is -0.562. The zero-order valence-corrected chi connectivity index (χ0v) is 15.9. The van der Waals surface area contributed by atoms with E-state index in [1.54, 1.807) is 0 Å². The van der Waals surface area contributed by atoms with Gasteiger partial charge in [0.2, 0.25) is 17.6 Å². The second kappa shape index (κ2) is 7.36. The van der Waals surface area contributed by atoms with Crippen LogP contribution in [0.1, 0.15) is 25.0 Å². The molecule has 144 valence electrons. The normalized spacial score (nSPS) is 19.8. The van der Waals surface area contributed by atoms with Crippen LogP contribution in [0.2, 0.25) is 0 Å². The predicted octanol–water partition coefficient (Wildman–Crippen LogP) is 2.94. The molecule has 27 heavy (non-hydrogen) atoms. The molecule has 0 unspecified atom stereocenters. The van der Waals surface area contributed by atoms with Crippen LogP contribution in [0.25, 0.3) is 0 Å². The van der Waals surface area contributed by atoms with E-state index in [9.17, 15) is 10.1 Å². The molecular formula is C18H24N6O3. The molecule has 0 radical (unpaired) electrons. The van der Waals surface area contributed by atoms with Gasteiger partial charge in [-0.3, -0.25) is 10.1 Å². The van der Waals surface area contributed by atoms with E-state index in [0.717, 1.165) is 11.1 Å². The van der Waals surface area contributed by atoms with Crippen molar-refractivity contribution in [2.24, 2.45) is 0 Å². The Morgan fingerprint density at radius 3 is 2.48 bits per heavy atom. The number of nitrogens with two attached hydrogens (primary N) is 1. The lowest BCUT2D eigenvalue weighted by Gasteiger charge is -2.35. The Morgan fingerprint density at radius 1 is 1.22 bits per heavy atom. The summed E-state index contributed by atoms with van der Waals surface area (Å²) in [6, 6.07) is 5.71. The van der Waals surface area contributed by atoms with Crippen LogP contribution in [-0.2, 0) is 4.74 Å². The Balaban J connectivity index is 2.01. The van der Waals surface area contributed by atoms with E-state index in [4.69, 9.17) is 10.5 Å². The van der Waals surface area contributed by atoms with E-state index in [1.807, 2.05) is 50.8 Å². The van der Waals surface area contributed by atoms with Crippen LogP contribution in [0.4, 0.5) is 29.0 Å². The molecule has 9 nitrogen and oxygen atoms in total. The highest BCUT2D eigenvalue weighted by Gasteiger charge is 2.29. The van der Waals surface area contributed by atoms with Crippen molar-refractivity contribution in [3.8, 4) is 0 Å². The minimum absolute atomic E-state index is 0.00456. The molecular weight excluding hydrogens is 348 g/mol. The standard InChI is InChI=1S/C18H24N6O3/c1-10-5-6-14(7-11(10)2)20-17-15(24(25)26)16(19)21-18(22-17)23-8-12(3)27-13(4)9-23/h5-7,12-13H,8-9H2,1-4H3,(H3,19,20,21,22)/t12-,13-/m0/s1. The molecule has 3 rings (SSSR count). The first-order chi connectivity index (χ1) is 12.7. The van der Waals surface area contributed by atoms with Gasteiger partial charge in [0.25, 0.3) is 0 Å². The highest BCUT2D eigenvalue weighted by Crippen LogP contribution is 2.33. The van der Waals surface area contributed by atoms with Gasteiger partial charge in [-0.1, -0.05) is 6.07 Å². The molecule has 0 amide bonds. The third-order valence-electron chi connectivity index (χ3n) is 4.55. The number of hydrogen-bond donors (Lipinski definition) is 2. The summed E-state index contributed by atoms with van der Waals surface area (Å²) < 4.78 is 5.73. The Morgan fingerprint density at radius 2 is 1.89 bits per heavy atom. The van der Waals surface area contributed by atoms with Crippen molar-refractivity contribution in [2.75, 3.05) is 29.0 Å². The third kappa shape index (κ3) is 4.08. The minimum Gasteiger partial charge on any atom is -0.378 e. The average Bonchev–Trinajstić information content (AvgIpc) is 2.56. The second-order valence-electron chi connectivity index (χ2n) is 6.95. The predicted molar refractivity (Wildman–Crippen MR) is 105 cm³/mol. The summed E-state index contributed by atoms with van der Waals surface area (Å²) in [5, 5.41) is 14.6. The van der Waals surface area contributed by atoms with Gasteiger partial charge in [0.1, 0.15) is 0 Å². The summed E-state index contributed by atoms with van der Waals surface area (Å²) in [5.74, 6) is 0.270. The van der Waals surface area contributed by atoms with Crippen LogP contribution in [0.5, 0.6) is 0 Å². The Kier molecular flexibility index (Phi) is 5.13. The van der Waals surface area contributed by atoms with Crippen LogP contribution in [0.15, 0.2) is 18.2 Å². The molecule has 0 aliphatic carbocycles. The first-order valence-electron chi connectivity index (χ1n) is 8.81. The Bertz CT molecular complexity index is 862. The van der Waals surface area contributed by atoms with Gasteiger partial charge in [0, 0.05) is 18.8 Å². The molecule has 2 atom stereocenters. The summed E-state index contributed by atoms with van der Waals surface area (Å²) in [4.78, 5) is 21.5. The molecule has 9 heteroatoms. The fraction of sp³-hybridized carbons (Fsp3) is 0.444. The highest BCUT2D eigenvalue weighted by atomic mass is 16.6. The number of nitro groups is 1. The molecule has 0 spiro atoms. The fourth-order valence-corrected chi connectivity index (χ4v) is 3.17. The summed E-state index contributed by atoms with van der Waals surface area (Å²) in [5.41, 5.74) is 8.50. The van der Waals surface area contributed by atoms with Gasteiger partial charge < -0.3 is 20.7 Å². The molecule has 0 saturated carbocycles. The maximum Gasteiger partial charge on any atom is 0.353 e. The lowest BCUT2D eigenvalue weighted by atomic mass is 10.1. The zero-order valence-electron chi connectivity index (χ0n) is 15.9. The number of nitrogens with one attached hydrogen (secondary N) is 1. The topological polar surface area (TPSA) is 119 Å². The number of ether oxygens (including phenoxy) is 1. The van der Waals surface area contributed by atoms with E-state index in [0.29, 0.717) is 24.7 Å². The molecule has 1 aliphatic rings. The Hall–Kier alpha value is -2.94. The number of aromatic nitrogens is 2. The summed E-state index contributed by atoms with van der Waals surface area (Å²) in [7, 11) is 0. The quantitative estimate of drug-likeness (QED) is 0.621. The molecule has 2 heterocycles. The molecule has 1 fully saturated rings. The van der Waals surface area contributed by atoms with Crippen molar-refractivity contribution in [3.05, 3.63) is 39.4 Å². The smallest absolute Gasteiger partial charge is 0.353 e. The van der Waals surface area contributed by atoms with Crippen molar-refractivity contribution in [1.29, 1.82) is 0 Å². The average molecular weight is 372 g/mol. The maximum atomic E-state index is 11.5.